The summed E-state index contributed by atoms with van der Waals surface area (Å²) in [5.41, 5.74) is 9.29. The van der Waals surface area contributed by atoms with Crippen molar-refractivity contribution in [2.24, 2.45) is 5.73 Å². The molecule has 0 aliphatic heterocycles. The minimum Gasteiger partial charge on any atom is -0.465 e. The molecule has 0 amide bonds. The summed E-state index contributed by atoms with van der Waals surface area (Å²) in [6.07, 6.45) is 2.80. The van der Waals surface area contributed by atoms with Crippen LogP contribution in [-0.4, -0.2) is 18.6 Å². The second-order valence-corrected chi connectivity index (χ2v) is 5.44. The van der Waals surface area contributed by atoms with Gasteiger partial charge in [0.1, 0.15) is 6.04 Å². The number of unbranched alkanes of at least 4 members (excludes halogenated alkanes) is 1. The monoisotopic (exact) mass is 297 g/mol. The molecule has 3 heteroatoms. The maximum atomic E-state index is 11.3. The van der Waals surface area contributed by atoms with Crippen LogP contribution in [0.4, 0.5) is 0 Å². The lowest BCUT2D eigenvalue weighted by molar-refractivity contribution is -0.144. The van der Waals surface area contributed by atoms with Crippen molar-refractivity contribution in [3.05, 3.63) is 60.2 Å². The Kier molecular flexibility index (Phi) is 6.16. The first-order chi connectivity index (χ1) is 10.7. The summed E-state index contributed by atoms with van der Waals surface area (Å²) >= 11 is 0. The topological polar surface area (TPSA) is 52.3 Å². The first-order valence-electron chi connectivity index (χ1n) is 7.74. The minimum absolute atomic E-state index is 0.329. The number of carbonyl (C=O) groups excluding carboxylic acids is 1. The molecule has 0 radical (unpaired) electrons. The van der Waals surface area contributed by atoms with Gasteiger partial charge in [-0.25, -0.2) is 0 Å². The summed E-state index contributed by atoms with van der Waals surface area (Å²) in [4.78, 5) is 11.3. The highest BCUT2D eigenvalue weighted by Gasteiger charge is 2.08. The van der Waals surface area contributed by atoms with Gasteiger partial charge in [0.15, 0.2) is 0 Å². The number of nitrogens with two attached hydrogens (primary N) is 1. The van der Waals surface area contributed by atoms with Gasteiger partial charge in [-0.2, -0.15) is 0 Å². The molecule has 3 nitrogen and oxygen atoms in total. The zero-order valence-electron chi connectivity index (χ0n) is 13.0. The van der Waals surface area contributed by atoms with E-state index in [2.05, 4.69) is 48.5 Å². The number of ether oxygens (including phenoxy) is 1. The molecule has 2 aromatic rings. The highest BCUT2D eigenvalue weighted by atomic mass is 16.5. The van der Waals surface area contributed by atoms with Gasteiger partial charge in [-0.05, 0) is 42.9 Å². The molecule has 0 aliphatic carbocycles. The SMILES string of the molecule is C[C@H](N)C(=O)OCCCCc1ccccc1-c1ccccc1. The summed E-state index contributed by atoms with van der Waals surface area (Å²) in [5.74, 6) is -0.329. The number of benzene rings is 2. The second kappa shape index (κ2) is 8.35. The van der Waals surface area contributed by atoms with Crippen molar-refractivity contribution >= 4 is 5.97 Å². The third-order valence-electron chi connectivity index (χ3n) is 3.56. The maximum absolute atomic E-state index is 11.3. The number of rotatable bonds is 7. The Morgan fingerprint density at radius 3 is 2.45 bits per heavy atom. The largest absolute Gasteiger partial charge is 0.465 e. The van der Waals surface area contributed by atoms with Crippen molar-refractivity contribution in [2.75, 3.05) is 6.61 Å². The smallest absolute Gasteiger partial charge is 0.322 e. The van der Waals surface area contributed by atoms with Crippen molar-refractivity contribution in [2.45, 2.75) is 32.2 Å². The van der Waals surface area contributed by atoms with E-state index < -0.39 is 6.04 Å². The average molecular weight is 297 g/mol. The van der Waals surface area contributed by atoms with E-state index in [-0.39, 0.29) is 5.97 Å². The van der Waals surface area contributed by atoms with Gasteiger partial charge in [0.25, 0.3) is 0 Å². The average Bonchev–Trinajstić information content (AvgIpc) is 2.55. The van der Waals surface area contributed by atoms with E-state index in [9.17, 15) is 4.79 Å². The third-order valence-corrected chi connectivity index (χ3v) is 3.56. The fourth-order valence-electron chi connectivity index (χ4n) is 2.36. The minimum atomic E-state index is -0.543. The molecule has 0 aromatic heterocycles. The lowest BCUT2D eigenvalue weighted by Gasteiger charge is -2.10. The standard InChI is InChI=1S/C19H23NO2/c1-15(20)19(21)22-14-8-7-12-17-11-5-6-13-18(17)16-9-3-2-4-10-16/h2-6,9-11,13,15H,7-8,12,14,20H2,1H3/t15-/m0/s1. The number of aryl methyl sites for hydroxylation is 1. The van der Waals surface area contributed by atoms with E-state index >= 15 is 0 Å². The highest BCUT2D eigenvalue weighted by Crippen LogP contribution is 2.24. The number of esters is 1. The van der Waals surface area contributed by atoms with E-state index in [0.29, 0.717) is 6.61 Å². The molecule has 0 saturated heterocycles. The van der Waals surface area contributed by atoms with Crippen LogP contribution < -0.4 is 5.73 Å². The van der Waals surface area contributed by atoms with Crippen molar-refractivity contribution in [1.29, 1.82) is 0 Å². The Morgan fingerprint density at radius 2 is 1.73 bits per heavy atom. The van der Waals surface area contributed by atoms with Crippen molar-refractivity contribution in [1.82, 2.24) is 0 Å². The van der Waals surface area contributed by atoms with Crippen LogP contribution >= 0.6 is 0 Å². The fourth-order valence-corrected chi connectivity index (χ4v) is 2.36. The highest BCUT2D eigenvalue weighted by molar-refractivity contribution is 5.74. The molecule has 0 heterocycles. The molecule has 0 aliphatic rings. The molecule has 0 bridgehead atoms. The summed E-state index contributed by atoms with van der Waals surface area (Å²) in [7, 11) is 0. The number of carbonyl (C=O) groups is 1. The Hall–Kier alpha value is -2.13. The molecule has 2 aromatic carbocycles. The molecule has 0 spiro atoms. The van der Waals surface area contributed by atoms with Crippen LogP contribution in [0.25, 0.3) is 11.1 Å². The zero-order valence-corrected chi connectivity index (χ0v) is 13.0. The van der Waals surface area contributed by atoms with Gasteiger partial charge in [-0.1, -0.05) is 54.6 Å². The van der Waals surface area contributed by atoms with Crippen molar-refractivity contribution in [3.8, 4) is 11.1 Å². The van der Waals surface area contributed by atoms with Crippen LogP contribution in [0, 0.1) is 0 Å². The van der Waals surface area contributed by atoms with E-state index in [1.165, 1.54) is 16.7 Å². The molecule has 0 unspecified atom stereocenters. The van der Waals surface area contributed by atoms with Gasteiger partial charge < -0.3 is 10.5 Å². The maximum Gasteiger partial charge on any atom is 0.322 e. The summed E-state index contributed by atoms with van der Waals surface area (Å²) < 4.78 is 5.09. The van der Waals surface area contributed by atoms with Crippen molar-refractivity contribution in [3.63, 3.8) is 0 Å². The molecular weight excluding hydrogens is 274 g/mol. The van der Waals surface area contributed by atoms with E-state index in [0.717, 1.165) is 19.3 Å². The summed E-state index contributed by atoms with van der Waals surface area (Å²) in [5, 5.41) is 0. The predicted molar refractivity (Wildman–Crippen MR) is 89.4 cm³/mol. The van der Waals surface area contributed by atoms with E-state index in [4.69, 9.17) is 10.5 Å². The fraction of sp³-hybridized carbons (Fsp3) is 0.316. The Bertz CT molecular complexity index is 593. The van der Waals surface area contributed by atoms with Gasteiger partial charge >= 0.3 is 5.97 Å². The van der Waals surface area contributed by atoms with Gasteiger partial charge in [-0.3, -0.25) is 4.79 Å². The van der Waals surface area contributed by atoms with Crippen LogP contribution in [0.1, 0.15) is 25.3 Å². The van der Waals surface area contributed by atoms with Crippen LogP contribution in [0.3, 0.4) is 0 Å². The molecule has 1 atom stereocenters. The van der Waals surface area contributed by atoms with E-state index in [1.807, 2.05) is 6.07 Å². The molecular formula is C19H23NO2. The first-order valence-corrected chi connectivity index (χ1v) is 7.74. The van der Waals surface area contributed by atoms with Gasteiger partial charge in [-0.15, -0.1) is 0 Å². The molecule has 2 rings (SSSR count). The molecule has 22 heavy (non-hydrogen) atoms. The Balaban J connectivity index is 1.88. The van der Waals surface area contributed by atoms with Gasteiger partial charge in [0, 0.05) is 0 Å². The van der Waals surface area contributed by atoms with Crippen LogP contribution in [0.5, 0.6) is 0 Å². The predicted octanol–water partition coefficient (Wildman–Crippen LogP) is 3.57. The zero-order chi connectivity index (χ0) is 15.8. The molecule has 116 valence electrons. The quantitative estimate of drug-likeness (QED) is 0.628. The number of hydrogen-bond acceptors (Lipinski definition) is 3. The van der Waals surface area contributed by atoms with Gasteiger partial charge in [0.2, 0.25) is 0 Å². The van der Waals surface area contributed by atoms with Gasteiger partial charge in [0.05, 0.1) is 6.61 Å². The molecule has 0 saturated carbocycles. The Labute approximate surface area is 132 Å². The lowest BCUT2D eigenvalue weighted by atomic mass is 9.96. The molecule has 2 N–H and O–H groups in total. The van der Waals surface area contributed by atoms with Crippen LogP contribution in [-0.2, 0) is 16.0 Å². The van der Waals surface area contributed by atoms with E-state index in [1.54, 1.807) is 6.92 Å². The lowest BCUT2D eigenvalue weighted by Crippen LogP contribution is -2.28. The molecule has 0 fully saturated rings. The summed E-state index contributed by atoms with van der Waals surface area (Å²) in [6, 6.07) is 18.3. The third kappa shape index (κ3) is 4.71. The Morgan fingerprint density at radius 1 is 1.05 bits per heavy atom. The van der Waals surface area contributed by atoms with Crippen LogP contribution in [0.15, 0.2) is 54.6 Å². The second-order valence-electron chi connectivity index (χ2n) is 5.44. The normalized spacial score (nSPS) is 11.9. The summed E-state index contributed by atoms with van der Waals surface area (Å²) in [6.45, 7) is 2.08. The number of hydrogen-bond donors (Lipinski definition) is 1. The first kappa shape index (κ1) is 16.2. The van der Waals surface area contributed by atoms with Crippen LogP contribution in [0.2, 0.25) is 0 Å². The van der Waals surface area contributed by atoms with Crippen molar-refractivity contribution < 1.29 is 9.53 Å².